The molecule has 182 valence electrons. The summed E-state index contributed by atoms with van der Waals surface area (Å²) in [5.41, 5.74) is 4.43. The van der Waals surface area contributed by atoms with E-state index in [1.54, 1.807) is 13.2 Å². The maximum Gasteiger partial charge on any atom is 0.252 e. The van der Waals surface area contributed by atoms with Crippen molar-refractivity contribution in [2.75, 3.05) is 14.2 Å². The number of para-hydroxylation sites is 2. The van der Waals surface area contributed by atoms with Gasteiger partial charge in [-0.3, -0.25) is 4.79 Å². The zero-order chi connectivity index (χ0) is 24.5. The highest BCUT2D eigenvalue weighted by Crippen LogP contribution is 2.54. The predicted molar refractivity (Wildman–Crippen MR) is 137 cm³/mol. The SMILES string of the molecule is CN[C@@H]1C[C@H]2O[C@@](C)([C@@H]1OC)n1c3c(O)cccc3c3c4c(c5c6ccccc6n2c5c31)C(=O)NC4. The number of hydrogen-bond donors (Lipinski definition) is 3. The highest BCUT2D eigenvalue weighted by Gasteiger charge is 2.53. The Balaban J connectivity index is 1.74. The van der Waals surface area contributed by atoms with Gasteiger partial charge in [-0.25, -0.2) is 0 Å². The molecule has 3 aromatic carbocycles. The van der Waals surface area contributed by atoms with Gasteiger partial charge in [0, 0.05) is 47.7 Å². The molecular formula is C28H26N4O4. The van der Waals surface area contributed by atoms with Gasteiger partial charge in [-0.1, -0.05) is 30.3 Å². The third-order valence-corrected chi connectivity index (χ3v) is 8.69. The number of carbonyl (C=O) groups excluding carboxylic acids is 1. The second kappa shape index (κ2) is 6.59. The number of ether oxygens (including phenoxy) is 2. The van der Waals surface area contributed by atoms with Crippen molar-refractivity contribution < 1.29 is 19.4 Å². The fraction of sp³-hybridized carbons (Fsp3) is 0.321. The average molecular weight is 483 g/mol. The lowest BCUT2D eigenvalue weighted by atomic mass is 9.93. The topological polar surface area (TPSA) is 89.7 Å². The number of benzene rings is 3. The van der Waals surface area contributed by atoms with Crippen molar-refractivity contribution in [1.29, 1.82) is 0 Å². The van der Waals surface area contributed by atoms with Crippen LogP contribution in [-0.2, 0) is 21.7 Å². The van der Waals surface area contributed by atoms with Crippen LogP contribution in [0.15, 0.2) is 42.5 Å². The van der Waals surface area contributed by atoms with Crippen LogP contribution in [0.1, 0.15) is 35.5 Å². The molecule has 5 heterocycles. The number of nitrogens with one attached hydrogen (secondary N) is 2. The van der Waals surface area contributed by atoms with Gasteiger partial charge in [0.05, 0.1) is 27.6 Å². The van der Waals surface area contributed by atoms with Crippen molar-refractivity contribution in [3.8, 4) is 5.75 Å². The molecule has 3 aliphatic rings. The highest BCUT2D eigenvalue weighted by atomic mass is 16.6. The van der Waals surface area contributed by atoms with E-state index >= 15 is 0 Å². The minimum atomic E-state index is -0.929. The minimum Gasteiger partial charge on any atom is -0.506 e. The van der Waals surface area contributed by atoms with Crippen LogP contribution in [-0.4, -0.2) is 46.5 Å². The van der Waals surface area contributed by atoms with Gasteiger partial charge < -0.3 is 34.3 Å². The molecule has 8 rings (SSSR count). The van der Waals surface area contributed by atoms with E-state index in [2.05, 4.69) is 38.8 Å². The fourth-order valence-electron chi connectivity index (χ4n) is 7.40. The normalized spacial score (nSPS) is 26.9. The van der Waals surface area contributed by atoms with E-state index in [1.165, 1.54) is 0 Å². The van der Waals surface area contributed by atoms with Crippen LogP contribution in [0.4, 0.5) is 0 Å². The van der Waals surface area contributed by atoms with E-state index in [-0.39, 0.29) is 30.0 Å². The van der Waals surface area contributed by atoms with Gasteiger partial charge in [-0.15, -0.1) is 0 Å². The molecule has 0 radical (unpaired) electrons. The molecule has 8 heteroatoms. The zero-order valence-electron chi connectivity index (χ0n) is 20.3. The van der Waals surface area contributed by atoms with Gasteiger partial charge in [0.25, 0.3) is 5.91 Å². The van der Waals surface area contributed by atoms with Crippen LogP contribution in [0, 0.1) is 0 Å². The number of aromatic nitrogens is 2. The van der Waals surface area contributed by atoms with E-state index in [0.29, 0.717) is 18.5 Å². The van der Waals surface area contributed by atoms with Gasteiger partial charge in [0.2, 0.25) is 0 Å². The third-order valence-electron chi connectivity index (χ3n) is 8.69. The molecule has 1 fully saturated rings. The molecule has 0 unspecified atom stereocenters. The number of aromatic hydroxyl groups is 1. The van der Waals surface area contributed by atoms with Crippen LogP contribution >= 0.6 is 0 Å². The maximum absolute atomic E-state index is 13.3. The molecule has 2 aromatic heterocycles. The standard InChI is InChI=1S/C28H26N4O4/c1-28-26(35-3)16(29-2)11-19(36-28)31-17-9-5-4-7-13(17)21-22-15(12-30-27(22)34)20-14-8-6-10-18(33)23(14)32(28)25(20)24(21)31/h4-10,16,19,26,29,33H,11-12H2,1-3H3,(H,30,34)/t16-,19-,26-,28+/m1/s1. The number of phenolic OH excluding ortho intramolecular Hbond substituents is 1. The molecule has 2 bridgehead atoms. The Labute approximate surface area is 206 Å². The molecule has 3 aliphatic heterocycles. The van der Waals surface area contributed by atoms with E-state index in [1.807, 2.05) is 31.3 Å². The summed E-state index contributed by atoms with van der Waals surface area (Å²) in [5, 5.41) is 21.7. The summed E-state index contributed by atoms with van der Waals surface area (Å²) in [4.78, 5) is 13.3. The Morgan fingerprint density at radius 3 is 2.72 bits per heavy atom. The molecule has 0 saturated carbocycles. The summed E-state index contributed by atoms with van der Waals surface area (Å²) in [6.45, 7) is 2.50. The molecule has 3 N–H and O–H groups in total. The summed E-state index contributed by atoms with van der Waals surface area (Å²) in [6, 6.07) is 13.8. The van der Waals surface area contributed by atoms with E-state index in [4.69, 9.17) is 9.47 Å². The number of hydrogen-bond acceptors (Lipinski definition) is 5. The van der Waals surface area contributed by atoms with Crippen molar-refractivity contribution in [3.63, 3.8) is 0 Å². The number of phenols is 1. The molecule has 5 aromatic rings. The molecule has 4 atom stereocenters. The molecule has 0 spiro atoms. The summed E-state index contributed by atoms with van der Waals surface area (Å²) >= 11 is 0. The quantitative estimate of drug-likeness (QED) is 0.353. The van der Waals surface area contributed by atoms with Crippen LogP contribution < -0.4 is 10.6 Å². The Kier molecular flexibility index (Phi) is 3.77. The van der Waals surface area contributed by atoms with Crippen molar-refractivity contribution in [1.82, 2.24) is 19.8 Å². The smallest absolute Gasteiger partial charge is 0.252 e. The second-order valence-electron chi connectivity index (χ2n) is 10.3. The van der Waals surface area contributed by atoms with E-state index < -0.39 is 5.72 Å². The summed E-state index contributed by atoms with van der Waals surface area (Å²) < 4.78 is 17.6. The van der Waals surface area contributed by atoms with Crippen molar-refractivity contribution in [2.45, 2.75) is 44.0 Å². The van der Waals surface area contributed by atoms with E-state index in [9.17, 15) is 9.90 Å². The van der Waals surface area contributed by atoms with Gasteiger partial charge in [0.1, 0.15) is 18.1 Å². The second-order valence-corrected chi connectivity index (χ2v) is 10.3. The first-order valence-corrected chi connectivity index (χ1v) is 12.4. The number of carbonyl (C=O) groups is 1. The van der Waals surface area contributed by atoms with Gasteiger partial charge in [-0.2, -0.15) is 0 Å². The van der Waals surface area contributed by atoms with E-state index in [0.717, 1.165) is 49.2 Å². The number of likely N-dealkylation sites (N-methyl/N-ethyl adjacent to an activating group) is 1. The largest absolute Gasteiger partial charge is 0.506 e. The lowest BCUT2D eigenvalue weighted by Gasteiger charge is -2.48. The summed E-state index contributed by atoms with van der Waals surface area (Å²) in [7, 11) is 3.67. The predicted octanol–water partition coefficient (Wildman–Crippen LogP) is 4.06. The van der Waals surface area contributed by atoms with Crippen LogP contribution in [0.5, 0.6) is 5.75 Å². The number of amides is 1. The molecule has 8 nitrogen and oxygen atoms in total. The molecule has 36 heavy (non-hydrogen) atoms. The van der Waals surface area contributed by atoms with Crippen LogP contribution in [0.2, 0.25) is 0 Å². The molecule has 1 saturated heterocycles. The average Bonchev–Trinajstić information content (AvgIpc) is 3.52. The zero-order valence-corrected chi connectivity index (χ0v) is 20.3. The first-order chi connectivity index (χ1) is 17.5. The summed E-state index contributed by atoms with van der Waals surface area (Å²) in [5.74, 6) is 0.119. The number of methoxy groups -OCH3 is 1. The van der Waals surface area contributed by atoms with Crippen molar-refractivity contribution >= 4 is 49.5 Å². The molecule has 1 amide bonds. The fourth-order valence-corrected chi connectivity index (χ4v) is 7.40. The first kappa shape index (κ1) is 20.6. The Hall–Kier alpha value is -3.59. The first-order valence-electron chi connectivity index (χ1n) is 12.4. The monoisotopic (exact) mass is 482 g/mol. The molecular weight excluding hydrogens is 456 g/mol. The lowest BCUT2D eigenvalue weighted by molar-refractivity contribution is -0.256. The lowest BCUT2D eigenvalue weighted by Crippen LogP contribution is -2.59. The third kappa shape index (κ3) is 2.12. The maximum atomic E-state index is 13.3. The van der Waals surface area contributed by atoms with Crippen molar-refractivity contribution in [3.05, 3.63) is 53.6 Å². The van der Waals surface area contributed by atoms with Gasteiger partial charge >= 0.3 is 0 Å². The van der Waals surface area contributed by atoms with Crippen molar-refractivity contribution in [2.24, 2.45) is 0 Å². The Bertz CT molecular complexity index is 1800. The van der Waals surface area contributed by atoms with Gasteiger partial charge in [-0.05, 0) is 31.7 Å². The number of nitrogens with zero attached hydrogens (tertiary/aromatic N) is 2. The number of rotatable bonds is 2. The summed E-state index contributed by atoms with van der Waals surface area (Å²) in [6.07, 6.45) is 0.0709. The Morgan fingerprint density at radius 2 is 1.92 bits per heavy atom. The van der Waals surface area contributed by atoms with Gasteiger partial charge in [0.15, 0.2) is 5.72 Å². The highest BCUT2D eigenvalue weighted by molar-refractivity contribution is 6.31. The molecule has 0 aliphatic carbocycles. The minimum absolute atomic E-state index is 0.00206. The Morgan fingerprint density at radius 1 is 1.11 bits per heavy atom. The van der Waals surface area contributed by atoms with Crippen LogP contribution in [0.25, 0.3) is 43.6 Å². The van der Waals surface area contributed by atoms with Crippen LogP contribution in [0.3, 0.4) is 0 Å². The number of fused-ring (bicyclic) bond motifs is 13.